The molecule has 0 unspecified atom stereocenters. The molecule has 4 aliphatic rings. The molecule has 5 rings (SSSR count). The van der Waals surface area contributed by atoms with Crippen molar-refractivity contribution < 1.29 is 20.1 Å². The molecule has 1 aromatic carbocycles. The number of aliphatic hydroxyl groups is 3. The molecular weight excluding hydrogens is 556 g/mol. The number of urea groups is 1. The highest BCUT2D eigenvalue weighted by Crippen LogP contribution is 2.69. The summed E-state index contributed by atoms with van der Waals surface area (Å²) in [5, 5.41) is 37.4. The van der Waals surface area contributed by atoms with E-state index in [0.29, 0.717) is 36.1 Å². The molecular formula is C36H58N2O4S. The molecule has 0 bridgehead atoms. The number of rotatable bonds is 7. The van der Waals surface area contributed by atoms with Crippen LogP contribution in [0.15, 0.2) is 29.2 Å². The second kappa shape index (κ2) is 12.5. The van der Waals surface area contributed by atoms with Gasteiger partial charge in [-0.15, -0.1) is 0 Å². The Hall–Kier alpha value is -1.28. The molecule has 12 atom stereocenters. The van der Waals surface area contributed by atoms with Crippen molar-refractivity contribution in [1.82, 2.24) is 10.0 Å². The van der Waals surface area contributed by atoms with Gasteiger partial charge in [-0.25, -0.2) is 4.79 Å². The first-order chi connectivity index (χ1) is 20.2. The summed E-state index contributed by atoms with van der Waals surface area (Å²) in [6.45, 7) is 16.4. The lowest BCUT2D eigenvalue weighted by molar-refractivity contribution is -0.228. The van der Waals surface area contributed by atoms with Crippen LogP contribution in [-0.2, 0) is 5.41 Å². The van der Waals surface area contributed by atoms with Crippen molar-refractivity contribution in [3.8, 4) is 0 Å². The molecule has 2 amide bonds. The maximum absolute atomic E-state index is 12.6. The normalized spacial score (nSPS) is 41.5. The topological polar surface area (TPSA) is 102 Å². The van der Waals surface area contributed by atoms with Crippen LogP contribution in [0.25, 0.3) is 0 Å². The van der Waals surface area contributed by atoms with Crippen LogP contribution >= 0.6 is 11.9 Å². The van der Waals surface area contributed by atoms with Gasteiger partial charge in [0.1, 0.15) is 0 Å². The average Bonchev–Trinajstić information content (AvgIpc) is 3.32. The fourth-order valence-electron chi connectivity index (χ4n) is 10.7. The van der Waals surface area contributed by atoms with Crippen LogP contribution in [0.4, 0.5) is 4.79 Å². The first kappa shape index (κ1) is 33.1. The maximum atomic E-state index is 12.6. The molecule has 0 heterocycles. The summed E-state index contributed by atoms with van der Waals surface area (Å²) in [6.07, 6.45) is 6.29. The van der Waals surface area contributed by atoms with Crippen LogP contribution in [0.3, 0.4) is 0 Å². The second-order valence-corrected chi connectivity index (χ2v) is 17.1. The molecule has 4 saturated carbocycles. The van der Waals surface area contributed by atoms with Gasteiger partial charge in [0.15, 0.2) is 0 Å². The molecule has 242 valence electrons. The predicted molar refractivity (Wildman–Crippen MR) is 174 cm³/mol. The summed E-state index contributed by atoms with van der Waals surface area (Å²) in [4.78, 5) is 13.6. The van der Waals surface area contributed by atoms with Crippen molar-refractivity contribution in [1.29, 1.82) is 0 Å². The zero-order valence-electron chi connectivity index (χ0n) is 27.6. The molecule has 0 radical (unpaired) electrons. The quantitative estimate of drug-likeness (QED) is 0.215. The van der Waals surface area contributed by atoms with E-state index in [9.17, 15) is 20.1 Å². The number of carbonyl (C=O) groups is 1. The number of hydrogen-bond donors (Lipinski definition) is 5. The van der Waals surface area contributed by atoms with Crippen LogP contribution in [0.1, 0.15) is 105 Å². The van der Waals surface area contributed by atoms with E-state index in [4.69, 9.17) is 0 Å². The Morgan fingerprint density at radius 2 is 1.72 bits per heavy atom. The molecule has 0 spiro atoms. The molecule has 5 N–H and O–H groups in total. The molecule has 1 aromatic rings. The van der Waals surface area contributed by atoms with Gasteiger partial charge >= 0.3 is 6.03 Å². The number of carbonyl (C=O) groups excluding carboxylic acids is 1. The molecule has 4 aliphatic carbocycles. The Labute approximate surface area is 264 Å². The molecule has 43 heavy (non-hydrogen) atoms. The predicted octanol–water partition coefficient (Wildman–Crippen LogP) is 6.91. The van der Waals surface area contributed by atoms with Crippen LogP contribution < -0.4 is 10.0 Å². The Bertz CT molecular complexity index is 1120. The SMILES string of the molecule is CC[C@H]1[C@@H](O)[C@@H]2[C@H](C[C@@H](O)[C@]3(C)[C@@H]([C@H](C)CCNC(=O)NSc4ccc(C(C)(C)C)cc4)CC[C@@H]23)[C@@]2(C)CC[C@@H](O)C[C@@H]12. The Kier molecular flexibility index (Phi) is 9.61. The maximum Gasteiger partial charge on any atom is 0.325 e. The summed E-state index contributed by atoms with van der Waals surface area (Å²) in [5.74, 6) is 2.08. The smallest absolute Gasteiger partial charge is 0.325 e. The highest BCUT2D eigenvalue weighted by molar-refractivity contribution is 7.98. The standard InChI is InChI=1S/C36H58N2O4S/c1-8-25-28-19-23(39)15-17-35(28,6)29-20-30(40)36(7)26(13-14-27(36)31(29)32(25)41)21(2)16-18-37-33(42)38-43-24-11-9-22(10-12-24)34(3,4)5/h9-12,21,23,25-32,39-41H,8,13-20H2,1-7H3,(H2,37,38,42)/t21-,23-,25-,26-,27+,28+,29+,30-,31+,32-,35+,36-/m1/s1. The van der Waals surface area contributed by atoms with Gasteiger partial charge in [-0.3, -0.25) is 4.72 Å². The molecule has 0 aliphatic heterocycles. The van der Waals surface area contributed by atoms with E-state index >= 15 is 0 Å². The average molecular weight is 615 g/mol. The Morgan fingerprint density at radius 3 is 2.37 bits per heavy atom. The van der Waals surface area contributed by atoms with Crippen molar-refractivity contribution in [2.24, 2.45) is 52.3 Å². The third-order valence-corrected chi connectivity index (χ3v) is 13.9. The summed E-state index contributed by atoms with van der Waals surface area (Å²) in [6, 6.07) is 8.16. The number of hydrogen-bond acceptors (Lipinski definition) is 5. The monoisotopic (exact) mass is 614 g/mol. The summed E-state index contributed by atoms with van der Waals surface area (Å²) in [5.41, 5.74) is 1.21. The lowest BCUT2D eigenvalue weighted by Gasteiger charge is -2.65. The van der Waals surface area contributed by atoms with E-state index in [1.54, 1.807) is 0 Å². The van der Waals surface area contributed by atoms with E-state index in [-0.39, 0.29) is 52.4 Å². The zero-order chi connectivity index (χ0) is 31.3. The minimum atomic E-state index is -0.388. The van der Waals surface area contributed by atoms with Gasteiger partial charge in [-0.2, -0.15) is 0 Å². The van der Waals surface area contributed by atoms with Crippen LogP contribution in [0, 0.1) is 52.3 Å². The van der Waals surface area contributed by atoms with E-state index in [1.165, 1.54) is 17.5 Å². The van der Waals surface area contributed by atoms with Crippen LogP contribution in [0.5, 0.6) is 0 Å². The van der Waals surface area contributed by atoms with Gasteiger partial charge in [0.05, 0.1) is 18.3 Å². The van der Waals surface area contributed by atoms with Gasteiger partial charge in [0, 0.05) is 11.4 Å². The van der Waals surface area contributed by atoms with Crippen molar-refractivity contribution >= 4 is 18.0 Å². The van der Waals surface area contributed by atoms with Crippen molar-refractivity contribution in [3.63, 3.8) is 0 Å². The lowest BCUT2D eigenvalue weighted by atomic mass is 9.41. The summed E-state index contributed by atoms with van der Waals surface area (Å²) < 4.78 is 2.92. The minimum absolute atomic E-state index is 0.0692. The zero-order valence-corrected chi connectivity index (χ0v) is 28.4. The van der Waals surface area contributed by atoms with Crippen molar-refractivity contribution in [2.75, 3.05) is 6.54 Å². The fourth-order valence-corrected chi connectivity index (χ4v) is 11.2. The molecule has 4 fully saturated rings. The highest BCUT2D eigenvalue weighted by atomic mass is 32.2. The van der Waals surface area contributed by atoms with Crippen LogP contribution in [-0.4, -0.2) is 46.2 Å². The van der Waals surface area contributed by atoms with Crippen molar-refractivity contribution in [3.05, 3.63) is 29.8 Å². The molecule has 0 aromatic heterocycles. The molecule has 6 nitrogen and oxygen atoms in total. The number of benzene rings is 1. The third kappa shape index (κ3) is 6.02. The number of amides is 2. The van der Waals surface area contributed by atoms with Gasteiger partial charge in [-0.05, 0) is 132 Å². The van der Waals surface area contributed by atoms with E-state index in [2.05, 4.69) is 82.8 Å². The van der Waals surface area contributed by atoms with Gasteiger partial charge in [0.25, 0.3) is 0 Å². The first-order valence-corrected chi connectivity index (χ1v) is 17.9. The minimum Gasteiger partial charge on any atom is -0.393 e. The Morgan fingerprint density at radius 1 is 1.02 bits per heavy atom. The van der Waals surface area contributed by atoms with Gasteiger partial charge < -0.3 is 20.6 Å². The second-order valence-electron chi connectivity index (χ2n) is 16.2. The number of aliphatic hydroxyl groups excluding tert-OH is 3. The van der Waals surface area contributed by atoms with E-state index in [0.717, 1.165) is 56.3 Å². The van der Waals surface area contributed by atoms with Crippen LogP contribution in [0.2, 0.25) is 0 Å². The van der Waals surface area contributed by atoms with E-state index < -0.39 is 0 Å². The van der Waals surface area contributed by atoms with Gasteiger partial charge in [0.2, 0.25) is 0 Å². The summed E-state index contributed by atoms with van der Waals surface area (Å²) in [7, 11) is 0. The lowest BCUT2D eigenvalue weighted by Crippen LogP contribution is -2.65. The fraction of sp³-hybridized carbons (Fsp3) is 0.806. The first-order valence-electron chi connectivity index (χ1n) is 17.1. The summed E-state index contributed by atoms with van der Waals surface area (Å²) >= 11 is 1.33. The number of fused-ring (bicyclic) bond motifs is 5. The van der Waals surface area contributed by atoms with Crippen molar-refractivity contribution in [2.45, 2.75) is 128 Å². The highest BCUT2D eigenvalue weighted by Gasteiger charge is 2.67. The molecule has 0 saturated heterocycles. The van der Waals surface area contributed by atoms with E-state index in [1.807, 2.05) is 0 Å². The largest absolute Gasteiger partial charge is 0.393 e. The molecule has 7 heteroatoms. The Balaban J connectivity index is 1.19. The van der Waals surface area contributed by atoms with Gasteiger partial charge in [-0.1, -0.05) is 67.0 Å². The number of nitrogens with one attached hydrogen (secondary N) is 2. The third-order valence-electron chi connectivity index (χ3n) is 13.1.